The first-order valence-electron chi connectivity index (χ1n) is 6.83. The van der Waals surface area contributed by atoms with Crippen LogP contribution in [0.2, 0.25) is 5.02 Å². The summed E-state index contributed by atoms with van der Waals surface area (Å²) in [5.74, 6) is -0.0999. The molecule has 0 aliphatic heterocycles. The van der Waals surface area contributed by atoms with Gasteiger partial charge in [0.2, 0.25) is 5.91 Å². The van der Waals surface area contributed by atoms with Crippen LogP contribution >= 0.6 is 11.6 Å². The monoisotopic (exact) mass is 315 g/mol. The number of imidazole rings is 1. The second kappa shape index (κ2) is 6.07. The van der Waals surface area contributed by atoms with Crippen molar-refractivity contribution >= 4 is 28.5 Å². The number of aromatic amines is 2. The minimum atomic E-state index is -0.254. The number of aromatic nitrogens is 2. The first-order chi connectivity index (χ1) is 10.6. The standard InChI is InChI=1S/C16H14ClN3O2/c17-12-4-2-1-3-11(12)9-18-15(21)8-10-5-6-13-14(7-10)20-16(22)19-13/h1-7H,8-9H2,(H,18,21)(H2,19,20,22). The van der Waals surface area contributed by atoms with E-state index < -0.39 is 0 Å². The van der Waals surface area contributed by atoms with Crippen molar-refractivity contribution in [3.8, 4) is 0 Å². The first-order valence-corrected chi connectivity index (χ1v) is 7.20. The molecule has 0 saturated carbocycles. The van der Waals surface area contributed by atoms with Crippen molar-refractivity contribution in [1.82, 2.24) is 15.3 Å². The van der Waals surface area contributed by atoms with E-state index in [1.165, 1.54) is 0 Å². The van der Waals surface area contributed by atoms with Crippen LogP contribution < -0.4 is 11.0 Å². The van der Waals surface area contributed by atoms with Crippen molar-refractivity contribution in [3.63, 3.8) is 0 Å². The van der Waals surface area contributed by atoms with E-state index in [9.17, 15) is 9.59 Å². The Kier molecular flexibility index (Phi) is 3.98. The molecule has 3 aromatic rings. The van der Waals surface area contributed by atoms with Crippen LogP contribution in [0.3, 0.4) is 0 Å². The van der Waals surface area contributed by atoms with E-state index in [0.29, 0.717) is 17.1 Å². The average molecular weight is 316 g/mol. The number of benzene rings is 2. The molecule has 0 atom stereocenters. The molecule has 6 heteroatoms. The van der Waals surface area contributed by atoms with Gasteiger partial charge in [-0.2, -0.15) is 0 Å². The molecular formula is C16H14ClN3O2. The van der Waals surface area contributed by atoms with Crippen LogP contribution in [-0.4, -0.2) is 15.9 Å². The summed E-state index contributed by atoms with van der Waals surface area (Å²) in [4.78, 5) is 28.6. The Hall–Kier alpha value is -2.53. The summed E-state index contributed by atoms with van der Waals surface area (Å²) in [5.41, 5.74) is 2.88. The number of hydrogen-bond donors (Lipinski definition) is 3. The van der Waals surface area contributed by atoms with Gasteiger partial charge in [0, 0.05) is 11.6 Å². The van der Waals surface area contributed by atoms with Crippen LogP contribution in [0, 0.1) is 0 Å². The third-order valence-corrected chi connectivity index (χ3v) is 3.75. The minimum Gasteiger partial charge on any atom is -0.352 e. The summed E-state index contributed by atoms with van der Waals surface area (Å²) < 4.78 is 0. The Labute approximate surface area is 131 Å². The molecule has 1 heterocycles. The summed E-state index contributed by atoms with van der Waals surface area (Å²) in [6.07, 6.45) is 0.244. The highest BCUT2D eigenvalue weighted by Crippen LogP contribution is 2.14. The lowest BCUT2D eigenvalue weighted by Crippen LogP contribution is -2.24. The number of rotatable bonds is 4. The maximum absolute atomic E-state index is 12.0. The second-order valence-corrected chi connectivity index (χ2v) is 5.41. The van der Waals surface area contributed by atoms with E-state index in [1.54, 1.807) is 18.2 Å². The van der Waals surface area contributed by atoms with Gasteiger partial charge in [-0.05, 0) is 29.3 Å². The number of nitrogens with one attached hydrogen (secondary N) is 3. The zero-order valence-electron chi connectivity index (χ0n) is 11.7. The van der Waals surface area contributed by atoms with Gasteiger partial charge in [0.05, 0.1) is 17.5 Å². The number of halogens is 1. The molecule has 3 rings (SSSR count). The molecule has 0 radical (unpaired) electrons. The molecule has 3 N–H and O–H groups in total. The number of carbonyl (C=O) groups excluding carboxylic acids is 1. The molecule has 112 valence electrons. The Morgan fingerprint density at radius 2 is 1.86 bits per heavy atom. The van der Waals surface area contributed by atoms with Crippen LogP contribution in [0.25, 0.3) is 11.0 Å². The summed E-state index contributed by atoms with van der Waals surface area (Å²) in [6, 6.07) is 12.8. The molecule has 0 fully saturated rings. The van der Waals surface area contributed by atoms with Crippen molar-refractivity contribution in [2.75, 3.05) is 0 Å². The SMILES string of the molecule is O=C(Cc1ccc2[nH]c(=O)[nH]c2c1)NCc1ccccc1Cl. The van der Waals surface area contributed by atoms with E-state index in [4.69, 9.17) is 11.6 Å². The molecule has 0 aliphatic rings. The normalized spacial score (nSPS) is 10.8. The van der Waals surface area contributed by atoms with E-state index in [-0.39, 0.29) is 18.0 Å². The molecule has 0 aliphatic carbocycles. The second-order valence-electron chi connectivity index (χ2n) is 5.00. The fourth-order valence-electron chi connectivity index (χ4n) is 2.27. The van der Waals surface area contributed by atoms with Crippen molar-refractivity contribution in [1.29, 1.82) is 0 Å². The van der Waals surface area contributed by atoms with Crippen LogP contribution in [-0.2, 0) is 17.8 Å². The van der Waals surface area contributed by atoms with Gasteiger partial charge in [-0.1, -0.05) is 35.9 Å². The van der Waals surface area contributed by atoms with Gasteiger partial charge in [0.25, 0.3) is 0 Å². The zero-order chi connectivity index (χ0) is 15.5. The maximum Gasteiger partial charge on any atom is 0.323 e. The third kappa shape index (κ3) is 3.20. The minimum absolute atomic E-state index is 0.0999. The molecule has 5 nitrogen and oxygen atoms in total. The lowest BCUT2D eigenvalue weighted by molar-refractivity contribution is -0.120. The van der Waals surface area contributed by atoms with E-state index >= 15 is 0 Å². The maximum atomic E-state index is 12.0. The van der Waals surface area contributed by atoms with Crippen molar-refractivity contribution in [2.45, 2.75) is 13.0 Å². The number of fused-ring (bicyclic) bond motifs is 1. The first kappa shape index (κ1) is 14.4. The van der Waals surface area contributed by atoms with Crippen LogP contribution in [0.15, 0.2) is 47.3 Å². The summed E-state index contributed by atoms with van der Waals surface area (Å²) >= 11 is 6.05. The highest BCUT2D eigenvalue weighted by molar-refractivity contribution is 6.31. The fraction of sp³-hybridized carbons (Fsp3) is 0.125. The Balaban J connectivity index is 1.65. The van der Waals surface area contributed by atoms with E-state index in [2.05, 4.69) is 15.3 Å². The lowest BCUT2D eigenvalue weighted by atomic mass is 10.1. The molecule has 2 aromatic carbocycles. The lowest BCUT2D eigenvalue weighted by Gasteiger charge is -2.07. The summed E-state index contributed by atoms with van der Waals surface area (Å²) in [6.45, 7) is 0.391. The van der Waals surface area contributed by atoms with Crippen LogP contribution in [0.4, 0.5) is 0 Å². The summed E-state index contributed by atoms with van der Waals surface area (Å²) in [5, 5.41) is 3.47. The molecule has 0 unspecified atom stereocenters. The van der Waals surface area contributed by atoms with Gasteiger partial charge in [-0.15, -0.1) is 0 Å². The van der Waals surface area contributed by atoms with E-state index in [1.807, 2.05) is 24.3 Å². The predicted octanol–water partition coefficient (Wildman–Crippen LogP) is 2.37. The van der Waals surface area contributed by atoms with Crippen molar-refractivity contribution < 1.29 is 4.79 Å². The fourth-order valence-corrected chi connectivity index (χ4v) is 2.48. The van der Waals surface area contributed by atoms with Gasteiger partial charge in [0.1, 0.15) is 0 Å². The number of H-pyrrole nitrogens is 2. The molecule has 1 amide bonds. The topological polar surface area (TPSA) is 77.8 Å². The molecule has 0 bridgehead atoms. The molecular weight excluding hydrogens is 302 g/mol. The largest absolute Gasteiger partial charge is 0.352 e. The molecule has 22 heavy (non-hydrogen) atoms. The number of amides is 1. The smallest absolute Gasteiger partial charge is 0.323 e. The third-order valence-electron chi connectivity index (χ3n) is 3.38. The zero-order valence-corrected chi connectivity index (χ0v) is 12.4. The van der Waals surface area contributed by atoms with E-state index in [0.717, 1.165) is 16.6 Å². The Morgan fingerprint density at radius 3 is 2.68 bits per heavy atom. The van der Waals surface area contributed by atoms with Gasteiger partial charge >= 0.3 is 5.69 Å². The number of carbonyl (C=O) groups is 1. The van der Waals surface area contributed by atoms with Gasteiger partial charge in [0.15, 0.2) is 0 Å². The highest BCUT2D eigenvalue weighted by atomic mass is 35.5. The molecule has 1 aromatic heterocycles. The Morgan fingerprint density at radius 1 is 1.09 bits per heavy atom. The Bertz CT molecular complexity index is 882. The number of hydrogen-bond acceptors (Lipinski definition) is 2. The van der Waals surface area contributed by atoms with Crippen LogP contribution in [0.5, 0.6) is 0 Å². The van der Waals surface area contributed by atoms with Gasteiger partial charge < -0.3 is 15.3 Å². The quantitative estimate of drug-likeness (QED) is 0.691. The average Bonchev–Trinajstić information content (AvgIpc) is 2.86. The molecule has 0 saturated heterocycles. The highest BCUT2D eigenvalue weighted by Gasteiger charge is 2.06. The van der Waals surface area contributed by atoms with Crippen molar-refractivity contribution in [2.24, 2.45) is 0 Å². The molecule has 0 spiro atoms. The predicted molar refractivity (Wildman–Crippen MR) is 85.9 cm³/mol. The van der Waals surface area contributed by atoms with Crippen molar-refractivity contribution in [3.05, 3.63) is 69.1 Å². The summed E-state index contributed by atoms with van der Waals surface area (Å²) in [7, 11) is 0. The van der Waals surface area contributed by atoms with Gasteiger partial charge in [-0.3, -0.25) is 4.79 Å². The van der Waals surface area contributed by atoms with Gasteiger partial charge in [-0.25, -0.2) is 4.79 Å². The van der Waals surface area contributed by atoms with Crippen LogP contribution in [0.1, 0.15) is 11.1 Å².